The van der Waals surface area contributed by atoms with Crippen LogP contribution < -0.4 is 5.32 Å². The summed E-state index contributed by atoms with van der Waals surface area (Å²) in [6.07, 6.45) is -0.537. The van der Waals surface area contributed by atoms with Crippen molar-refractivity contribution in [3.05, 3.63) is 78.4 Å². The van der Waals surface area contributed by atoms with E-state index < -0.39 is 6.10 Å². The first kappa shape index (κ1) is 13.7. The van der Waals surface area contributed by atoms with Crippen molar-refractivity contribution in [2.24, 2.45) is 0 Å². The summed E-state index contributed by atoms with van der Waals surface area (Å²) in [6.45, 7) is 2.00. The summed E-state index contributed by atoms with van der Waals surface area (Å²) in [7, 11) is 0. The Hall–Kier alpha value is -2.32. The first-order valence-corrected chi connectivity index (χ1v) is 7.23. The first-order chi connectivity index (χ1) is 10.3. The van der Waals surface area contributed by atoms with Crippen molar-refractivity contribution in [2.45, 2.75) is 19.1 Å². The maximum Gasteiger partial charge on any atom is 0.0988 e. The maximum absolute atomic E-state index is 10.5. The lowest BCUT2D eigenvalue weighted by atomic mass is 10.0. The quantitative estimate of drug-likeness (QED) is 0.742. The molecule has 0 heterocycles. The second-order valence-corrected chi connectivity index (χ2v) is 5.32. The van der Waals surface area contributed by atoms with Crippen molar-refractivity contribution in [2.75, 3.05) is 5.32 Å². The fourth-order valence-corrected chi connectivity index (χ4v) is 2.61. The average Bonchev–Trinajstić information content (AvgIpc) is 2.55. The number of rotatable bonds is 4. The largest absolute Gasteiger partial charge is 0.386 e. The van der Waals surface area contributed by atoms with E-state index in [9.17, 15) is 5.11 Å². The Morgan fingerprint density at radius 1 is 0.810 bits per heavy atom. The van der Waals surface area contributed by atoms with Crippen LogP contribution in [0.1, 0.15) is 18.6 Å². The van der Waals surface area contributed by atoms with Crippen LogP contribution in [0.4, 0.5) is 5.69 Å². The smallest absolute Gasteiger partial charge is 0.0988 e. The molecule has 3 rings (SSSR count). The molecule has 0 amide bonds. The van der Waals surface area contributed by atoms with Crippen LogP contribution in [0.3, 0.4) is 0 Å². The van der Waals surface area contributed by atoms with Gasteiger partial charge in [0.15, 0.2) is 0 Å². The highest BCUT2D eigenvalue weighted by molar-refractivity contribution is 5.93. The Bertz CT molecular complexity index is 718. The molecule has 0 aromatic heterocycles. The van der Waals surface area contributed by atoms with E-state index >= 15 is 0 Å². The van der Waals surface area contributed by atoms with Crippen LogP contribution in [0.15, 0.2) is 72.8 Å². The molecule has 0 spiro atoms. The van der Waals surface area contributed by atoms with E-state index in [1.165, 1.54) is 10.8 Å². The van der Waals surface area contributed by atoms with Gasteiger partial charge in [-0.3, -0.25) is 0 Å². The topological polar surface area (TPSA) is 32.3 Å². The number of anilines is 1. The fraction of sp³-hybridized carbons (Fsp3) is 0.158. The third kappa shape index (κ3) is 2.91. The van der Waals surface area contributed by atoms with Crippen molar-refractivity contribution in [3.8, 4) is 0 Å². The molecule has 3 aromatic carbocycles. The first-order valence-electron chi connectivity index (χ1n) is 7.23. The van der Waals surface area contributed by atoms with E-state index in [1.807, 2.05) is 55.5 Å². The van der Waals surface area contributed by atoms with Crippen LogP contribution in [0.5, 0.6) is 0 Å². The Morgan fingerprint density at radius 3 is 2.29 bits per heavy atom. The molecule has 21 heavy (non-hydrogen) atoms. The molecule has 2 heteroatoms. The maximum atomic E-state index is 10.5. The molecule has 0 saturated carbocycles. The molecular weight excluding hydrogens is 258 g/mol. The van der Waals surface area contributed by atoms with E-state index in [1.54, 1.807) is 0 Å². The third-order valence-electron chi connectivity index (χ3n) is 3.79. The van der Waals surface area contributed by atoms with Gasteiger partial charge in [-0.05, 0) is 23.9 Å². The molecule has 0 saturated heterocycles. The van der Waals surface area contributed by atoms with Gasteiger partial charge in [0.05, 0.1) is 12.1 Å². The van der Waals surface area contributed by atoms with Crippen LogP contribution in [0, 0.1) is 0 Å². The van der Waals surface area contributed by atoms with Crippen molar-refractivity contribution < 1.29 is 5.11 Å². The van der Waals surface area contributed by atoms with Crippen LogP contribution in [-0.2, 0) is 0 Å². The zero-order valence-electron chi connectivity index (χ0n) is 12.0. The molecule has 0 aliphatic heterocycles. The molecule has 0 aliphatic carbocycles. The molecular formula is C19H19NO. The molecule has 1 unspecified atom stereocenters. The van der Waals surface area contributed by atoms with Crippen molar-refractivity contribution >= 4 is 16.5 Å². The second kappa shape index (κ2) is 5.98. The average molecular weight is 277 g/mol. The lowest BCUT2D eigenvalue weighted by molar-refractivity contribution is 0.161. The van der Waals surface area contributed by atoms with Gasteiger partial charge in [-0.25, -0.2) is 0 Å². The number of benzene rings is 3. The van der Waals surface area contributed by atoms with E-state index in [0.717, 1.165) is 11.3 Å². The second-order valence-electron chi connectivity index (χ2n) is 5.32. The van der Waals surface area contributed by atoms with Gasteiger partial charge in [0, 0.05) is 11.1 Å². The predicted molar refractivity (Wildman–Crippen MR) is 88.4 cm³/mol. The molecule has 106 valence electrons. The van der Waals surface area contributed by atoms with Crippen LogP contribution in [0.25, 0.3) is 10.8 Å². The number of hydrogen-bond donors (Lipinski definition) is 2. The van der Waals surface area contributed by atoms with Gasteiger partial charge in [-0.2, -0.15) is 0 Å². The van der Waals surface area contributed by atoms with Crippen molar-refractivity contribution in [1.29, 1.82) is 0 Å². The molecule has 3 aromatic rings. The molecule has 2 N–H and O–H groups in total. The van der Waals surface area contributed by atoms with Gasteiger partial charge in [0.25, 0.3) is 0 Å². The predicted octanol–water partition coefficient (Wildman–Crippen LogP) is 4.37. The number of hydrogen-bond acceptors (Lipinski definition) is 2. The summed E-state index contributed by atoms with van der Waals surface area (Å²) in [5, 5.41) is 16.3. The highest BCUT2D eigenvalue weighted by atomic mass is 16.3. The Morgan fingerprint density at radius 2 is 1.48 bits per heavy atom. The van der Waals surface area contributed by atoms with Gasteiger partial charge in [0.1, 0.15) is 0 Å². The minimum Gasteiger partial charge on any atom is -0.386 e. The van der Waals surface area contributed by atoms with Crippen molar-refractivity contribution in [3.63, 3.8) is 0 Å². The SMILES string of the molecule is CC(Nc1cccc2ccccc12)[C@@H](O)c1ccccc1. The Balaban J connectivity index is 1.85. The van der Waals surface area contributed by atoms with Gasteiger partial charge in [-0.15, -0.1) is 0 Å². The molecule has 2 atom stereocenters. The van der Waals surface area contributed by atoms with Gasteiger partial charge in [0.2, 0.25) is 0 Å². The van der Waals surface area contributed by atoms with Crippen LogP contribution in [0.2, 0.25) is 0 Å². The highest BCUT2D eigenvalue weighted by Crippen LogP contribution is 2.26. The molecule has 0 radical (unpaired) electrons. The van der Waals surface area contributed by atoms with Crippen molar-refractivity contribution in [1.82, 2.24) is 0 Å². The van der Waals surface area contributed by atoms with Gasteiger partial charge >= 0.3 is 0 Å². The Kier molecular flexibility index (Phi) is 3.89. The van der Waals surface area contributed by atoms with Crippen LogP contribution in [-0.4, -0.2) is 11.1 Å². The number of fused-ring (bicyclic) bond motifs is 1. The zero-order valence-corrected chi connectivity index (χ0v) is 12.0. The van der Waals surface area contributed by atoms with Gasteiger partial charge in [-0.1, -0.05) is 66.7 Å². The fourth-order valence-electron chi connectivity index (χ4n) is 2.61. The summed E-state index contributed by atoms with van der Waals surface area (Å²) >= 11 is 0. The van der Waals surface area contributed by atoms with E-state index in [4.69, 9.17) is 0 Å². The van der Waals surface area contributed by atoms with E-state index in [2.05, 4.69) is 29.6 Å². The summed E-state index contributed by atoms with van der Waals surface area (Å²) in [6, 6.07) is 24.1. The lowest BCUT2D eigenvalue weighted by Gasteiger charge is -2.22. The standard InChI is InChI=1S/C19H19NO/c1-14(19(21)16-9-3-2-4-10-16)20-18-13-7-11-15-8-5-6-12-17(15)18/h2-14,19-21H,1H3/t14?,19-/m1/s1. The minimum atomic E-state index is -0.537. The monoisotopic (exact) mass is 277 g/mol. The summed E-state index contributed by atoms with van der Waals surface area (Å²) < 4.78 is 0. The van der Waals surface area contributed by atoms with Crippen LogP contribution >= 0.6 is 0 Å². The van der Waals surface area contributed by atoms with E-state index in [-0.39, 0.29) is 6.04 Å². The highest BCUT2D eigenvalue weighted by Gasteiger charge is 2.16. The lowest BCUT2D eigenvalue weighted by Crippen LogP contribution is -2.24. The minimum absolute atomic E-state index is 0.0711. The normalized spacial score (nSPS) is 13.8. The molecule has 0 fully saturated rings. The number of aliphatic hydroxyl groups is 1. The summed E-state index contributed by atoms with van der Waals surface area (Å²) in [5.41, 5.74) is 1.98. The summed E-state index contributed by atoms with van der Waals surface area (Å²) in [5.74, 6) is 0. The Labute approximate surface area is 125 Å². The number of nitrogens with one attached hydrogen (secondary N) is 1. The molecule has 0 aliphatic rings. The number of aliphatic hydroxyl groups excluding tert-OH is 1. The summed E-state index contributed by atoms with van der Waals surface area (Å²) in [4.78, 5) is 0. The zero-order chi connectivity index (χ0) is 14.7. The molecule has 0 bridgehead atoms. The third-order valence-corrected chi connectivity index (χ3v) is 3.79. The van der Waals surface area contributed by atoms with Gasteiger partial charge < -0.3 is 10.4 Å². The van der Waals surface area contributed by atoms with E-state index in [0.29, 0.717) is 0 Å². The molecule has 2 nitrogen and oxygen atoms in total.